The van der Waals surface area contributed by atoms with Gasteiger partial charge in [-0.15, -0.1) is 0 Å². The molecule has 96 valence electrons. The smallest absolute Gasteiger partial charge is 0.134 e. The molecule has 2 heterocycles. The fourth-order valence-corrected chi connectivity index (χ4v) is 2.68. The Morgan fingerprint density at radius 1 is 1.33 bits per heavy atom. The van der Waals surface area contributed by atoms with Crippen molar-refractivity contribution in [3.8, 4) is 0 Å². The first-order chi connectivity index (χ1) is 8.93. The molecule has 0 bridgehead atoms. The summed E-state index contributed by atoms with van der Waals surface area (Å²) in [7, 11) is 0. The molecule has 3 heteroatoms. The van der Waals surface area contributed by atoms with Gasteiger partial charge in [-0.3, -0.25) is 0 Å². The molecule has 3 nitrogen and oxygen atoms in total. The summed E-state index contributed by atoms with van der Waals surface area (Å²) in [5.41, 5.74) is 2.24. The van der Waals surface area contributed by atoms with Crippen molar-refractivity contribution in [2.45, 2.75) is 19.4 Å². The van der Waals surface area contributed by atoms with Crippen LogP contribution in [0.1, 0.15) is 18.4 Å². The van der Waals surface area contributed by atoms with Gasteiger partial charge in [-0.1, -0.05) is 18.2 Å². The Bertz CT molecular complexity index is 500. The molecule has 18 heavy (non-hydrogen) atoms. The molecule has 0 aliphatic carbocycles. The second-order valence-corrected chi connectivity index (χ2v) is 5.10. The number of hydrogen-bond donors (Lipinski definition) is 2. The number of benzene rings is 1. The van der Waals surface area contributed by atoms with Gasteiger partial charge in [0.15, 0.2) is 0 Å². The zero-order valence-electron chi connectivity index (χ0n) is 10.6. The van der Waals surface area contributed by atoms with Crippen LogP contribution in [0.25, 0.3) is 11.0 Å². The number of nitrogens with one attached hydrogen (secondary N) is 2. The molecule has 1 fully saturated rings. The highest BCUT2D eigenvalue weighted by Gasteiger charge is 2.12. The van der Waals surface area contributed by atoms with Crippen molar-refractivity contribution in [2.24, 2.45) is 5.92 Å². The Kier molecular flexibility index (Phi) is 3.62. The van der Waals surface area contributed by atoms with E-state index in [-0.39, 0.29) is 0 Å². The zero-order valence-corrected chi connectivity index (χ0v) is 10.6. The maximum Gasteiger partial charge on any atom is 0.134 e. The molecule has 1 aliphatic rings. The number of piperidine rings is 1. The maximum atomic E-state index is 5.54. The van der Waals surface area contributed by atoms with E-state index < -0.39 is 0 Å². The molecule has 1 aromatic heterocycles. The summed E-state index contributed by atoms with van der Waals surface area (Å²) < 4.78 is 5.54. The van der Waals surface area contributed by atoms with Crippen molar-refractivity contribution >= 4 is 11.0 Å². The molecule has 0 saturated carbocycles. The van der Waals surface area contributed by atoms with Crippen LogP contribution < -0.4 is 10.6 Å². The predicted octanol–water partition coefficient (Wildman–Crippen LogP) is 2.52. The number of fused-ring (bicyclic) bond motifs is 1. The Hall–Kier alpha value is -1.32. The Balaban J connectivity index is 1.56. The Labute approximate surface area is 108 Å². The van der Waals surface area contributed by atoms with Gasteiger partial charge in [0.2, 0.25) is 0 Å². The van der Waals surface area contributed by atoms with Crippen molar-refractivity contribution in [1.29, 1.82) is 0 Å². The zero-order chi connectivity index (χ0) is 12.2. The summed E-state index contributed by atoms with van der Waals surface area (Å²) in [6.45, 7) is 4.32. The molecule has 3 rings (SSSR count). The van der Waals surface area contributed by atoms with Crippen LogP contribution in [0.3, 0.4) is 0 Å². The minimum absolute atomic E-state index is 0.775. The van der Waals surface area contributed by atoms with Crippen LogP contribution in [-0.2, 0) is 6.54 Å². The second kappa shape index (κ2) is 5.55. The van der Waals surface area contributed by atoms with E-state index in [0.29, 0.717) is 0 Å². The minimum atomic E-state index is 0.775. The van der Waals surface area contributed by atoms with Crippen molar-refractivity contribution in [2.75, 3.05) is 19.6 Å². The first-order valence-electron chi connectivity index (χ1n) is 6.80. The molecule has 1 aromatic carbocycles. The normalized spacial score (nSPS) is 20.3. The molecule has 1 unspecified atom stereocenters. The van der Waals surface area contributed by atoms with Crippen molar-refractivity contribution in [3.05, 3.63) is 36.1 Å². The van der Waals surface area contributed by atoms with Crippen molar-refractivity contribution in [3.63, 3.8) is 0 Å². The molecular formula is C15H20N2O. The fraction of sp³-hybridized carbons (Fsp3) is 0.467. The maximum absolute atomic E-state index is 5.54. The Morgan fingerprint density at radius 3 is 3.17 bits per heavy atom. The van der Waals surface area contributed by atoms with Crippen LogP contribution in [-0.4, -0.2) is 19.6 Å². The summed E-state index contributed by atoms with van der Waals surface area (Å²) >= 11 is 0. The predicted molar refractivity (Wildman–Crippen MR) is 73.5 cm³/mol. The van der Waals surface area contributed by atoms with Crippen LogP contribution in [0, 0.1) is 5.92 Å². The number of para-hydroxylation sites is 1. The lowest BCUT2D eigenvalue weighted by molar-refractivity contribution is 0.360. The molecule has 2 aromatic rings. The second-order valence-electron chi connectivity index (χ2n) is 5.10. The van der Waals surface area contributed by atoms with E-state index in [1.807, 2.05) is 18.4 Å². The number of hydrogen-bond acceptors (Lipinski definition) is 3. The number of furan rings is 1. The van der Waals surface area contributed by atoms with E-state index >= 15 is 0 Å². The van der Waals surface area contributed by atoms with Gasteiger partial charge in [0.05, 0.1) is 6.26 Å². The topological polar surface area (TPSA) is 37.2 Å². The summed E-state index contributed by atoms with van der Waals surface area (Å²) in [4.78, 5) is 0. The molecule has 0 radical (unpaired) electrons. The van der Waals surface area contributed by atoms with Gasteiger partial charge < -0.3 is 15.1 Å². The lowest BCUT2D eigenvalue weighted by Crippen LogP contribution is -2.35. The quantitative estimate of drug-likeness (QED) is 0.868. The largest absolute Gasteiger partial charge is 0.464 e. The van der Waals surface area contributed by atoms with E-state index in [9.17, 15) is 0 Å². The highest BCUT2D eigenvalue weighted by Crippen LogP contribution is 2.20. The average molecular weight is 244 g/mol. The molecule has 1 atom stereocenters. The van der Waals surface area contributed by atoms with E-state index in [1.54, 1.807) is 0 Å². The monoisotopic (exact) mass is 244 g/mol. The molecular weight excluding hydrogens is 224 g/mol. The summed E-state index contributed by atoms with van der Waals surface area (Å²) in [5, 5.41) is 8.23. The molecule has 1 aliphatic heterocycles. The summed E-state index contributed by atoms with van der Waals surface area (Å²) in [6.07, 6.45) is 4.52. The highest BCUT2D eigenvalue weighted by atomic mass is 16.3. The SMILES string of the molecule is c1ccc2c(CNCC3CCCNC3)coc2c1. The third kappa shape index (κ3) is 2.57. The minimum Gasteiger partial charge on any atom is -0.464 e. The van der Waals surface area contributed by atoms with Crippen LogP contribution in [0.5, 0.6) is 0 Å². The van der Waals surface area contributed by atoms with Crippen molar-refractivity contribution < 1.29 is 4.42 Å². The van der Waals surface area contributed by atoms with Gasteiger partial charge in [0.25, 0.3) is 0 Å². The van der Waals surface area contributed by atoms with Gasteiger partial charge in [-0.05, 0) is 44.5 Å². The van der Waals surface area contributed by atoms with Gasteiger partial charge >= 0.3 is 0 Å². The van der Waals surface area contributed by atoms with Gasteiger partial charge in [-0.25, -0.2) is 0 Å². The molecule has 0 amide bonds. The molecule has 1 saturated heterocycles. The van der Waals surface area contributed by atoms with Gasteiger partial charge in [-0.2, -0.15) is 0 Å². The standard InChI is InChI=1S/C15H20N2O/c1-2-6-15-14(5-1)13(11-18-15)10-17-9-12-4-3-7-16-8-12/h1-2,5-6,11-12,16-17H,3-4,7-10H2. The molecule has 2 N–H and O–H groups in total. The third-order valence-corrected chi connectivity index (χ3v) is 3.71. The first-order valence-corrected chi connectivity index (χ1v) is 6.80. The summed E-state index contributed by atoms with van der Waals surface area (Å²) in [6, 6.07) is 8.21. The lowest BCUT2D eigenvalue weighted by atomic mass is 10.00. The first kappa shape index (κ1) is 11.8. The van der Waals surface area contributed by atoms with Crippen molar-refractivity contribution in [1.82, 2.24) is 10.6 Å². The van der Waals surface area contributed by atoms with Crippen LogP contribution in [0.15, 0.2) is 34.9 Å². The van der Waals surface area contributed by atoms with Crippen LogP contribution in [0.4, 0.5) is 0 Å². The van der Waals surface area contributed by atoms with Gasteiger partial charge in [0.1, 0.15) is 5.58 Å². The van der Waals surface area contributed by atoms with Gasteiger partial charge in [0, 0.05) is 17.5 Å². The van der Waals surface area contributed by atoms with E-state index in [1.165, 1.54) is 30.3 Å². The van der Waals surface area contributed by atoms with E-state index in [4.69, 9.17) is 4.42 Å². The Morgan fingerprint density at radius 2 is 2.28 bits per heavy atom. The third-order valence-electron chi connectivity index (χ3n) is 3.71. The summed E-state index contributed by atoms with van der Waals surface area (Å²) in [5.74, 6) is 0.775. The highest BCUT2D eigenvalue weighted by molar-refractivity contribution is 5.80. The fourth-order valence-electron chi connectivity index (χ4n) is 2.68. The lowest BCUT2D eigenvalue weighted by Gasteiger charge is -2.22. The van der Waals surface area contributed by atoms with Crippen LogP contribution >= 0.6 is 0 Å². The number of rotatable bonds is 4. The van der Waals surface area contributed by atoms with E-state index in [2.05, 4.69) is 22.8 Å². The van der Waals surface area contributed by atoms with Crippen LogP contribution in [0.2, 0.25) is 0 Å². The average Bonchev–Trinajstić information content (AvgIpc) is 2.84. The molecule has 0 spiro atoms. The van der Waals surface area contributed by atoms with E-state index in [0.717, 1.165) is 31.1 Å².